The number of pyridine rings is 1. The van der Waals surface area contributed by atoms with Crippen LogP contribution in [-0.4, -0.2) is 46.3 Å². The van der Waals surface area contributed by atoms with Crippen LogP contribution in [0.15, 0.2) is 48.7 Å². The van der Waals surface area contributed by atoms with E-state index in [1.54, 1.807) is 11.1 Å². The number of aliphatic hydroxyl groups excluding tert-OH is 1. The number of carbonyl (C=O) groups excluding carboxylic acids is 1. The molecule has 2 atom stereocenters. The highest BCUT2D eigenvalue weighted by Gasteiger charge is 2.39. The normalized spacial score (nSPS) is 21.6. The number of aliphatic hydroxyl groups is 1. The molecule has 3 aromatic rings. The van der Waals surface area contributed by atoms with Crippen molar-refractivity contribution >= 4 is 28.4 Å². The van der Waals surface area contributed by atoms with Crippen LogP contribution >= 0.6 is 11.6 Å². The quantitative estimate of drug-likeness (QED) is 0.719. The van der Waals surface area contributed by atoms with E-state index < -0.39 is 6.10 Å². The van der Waals surface area contributed by atoms with Crippen molar-refractivity contribution in [1.82, 2.24) is 9.88 Å². The van der Waals surface area contributed by atoms with Crippen LogP contribution in [0.4, 0.5) is 0 Å². The Morgan fingerprint density at radius 2 is 2.07 bits per heavy atom. The number of fused-ring (bicyclic) bond motifs is 3. The molecule has 0 spiro atoms. The molecule has 3 heterocycles. The summed E-state index contributed by atoms with van der Waals surface area (Å²) >= 11 is 6.02. The first-order chi connectivity index (χ1) is 14.1. The van der Waals surface area contributed by atoms with Crippen LogP contribution in [0.5, 0.6) is 0 Å². The Morgan fingerprint density at radius 1 is 1.24 bits per heavy atom. The molecule has 5 rings (SSSR count). The fraction of sp³-hybridized carbons (Fsp3) is 0.304. The van der Waals surface area contributed by atoms with Crippen molar-refractivity contribution in [2.45, 2.75) is 31.5 Å². The van der Waals surface area contributed by atoms with Crippen LogP contribution in [0, 0.1) is 0 Å². The molecule has 0 radical (unpaired) electrons. The van der Waals surface area contributed by atoms with Crippen molar-refractivity contribution in [1.29, 1.82) is 0 Å². The van der Waals surface area contributed by atoms with E-state index in [-0.39, 0.29) is 11.9 Å². The molecular weight excluding hydrogens is 388 g/mol. The van der Waals surface area contributed by atoms with E-state index in [4.69, 9.17) is 16.3 Å². The summed E-state index contributed by atoms with van der Waals surface area (Å²) in [4.78, 5) is 19.6. The van der Waals surface area contributed by atoms with Gasteiger partial charge in [0, 0.05) is 40.9 Å². The summed E-state index contributed by atoms with van der Waals surface area (Å²) in [5.74, 6) is -0.0561. The highest BCUT2D eigenvalue weighted by Crippen LogP contribution is 2.35. The summed E-state index contributed by atoms with van der Waals surface area (Å²) in [5.41, 5.74) is 4.65. The van der Waals surface area contributed by atoms with E-state index in [1.807, 2.05) is 36.4 Å². The minimum absolute atomic E-state index is 0.0561. The monoisotopic (exact) mass is 408 g/mol. The summed E-state index contributed by atoms with van der Waals surface area (Å²) < 4.78 is 5.53. The topological polar surface area (TPSA) is 62.7 Å². The Labute approximate surface area is 173 Å². The molecule has 1 aromatic heterocycles. The Hall–Kier alpha value is -2.47. The molecular formula is C23H21ClN2O3. The number of carbonyl (C=O) groups is 1. The van der Waals surface area contributed by atoms with Crippen LogP contribution in [-0.2, 0) is 17.7 Å². The lowest BCUT2D eigenvalue weighted by Crippen LogP contribution is -2.49. The molecule has 2 aliphatic rings. The van der Waals surface area contributed by atoms with E-state index in [9.17, 15) is 9.90 Å². The molecule has 0 aliphatic carbocycles. The Bertz CT molecular complexity index is 1080. The number of benzene rings is 2. The van der Waals surface area contributed by atoms with Gasteiger partial charge in [-0.25, -0.2) is 0 Å². The Balaban J connectivity index is 1.56. The van der Waals surface area contributed by atoms with Crippen LogP contribution < -0.4 is 0 Å². The standard InChI is InChI=1S/C23H21ClN2O3/c24-16-5-3-14(4-6-16)10-15-11-18-19(22-17(15)2-1-8-25-22)12-26(23(18)28)20-13-29-9-7-21(20)27/h1-6,8,11,20-21,27H,7,9-10,12-13H2. The molecule has 1 fully saturated rings. The number of aromatic nitrogens is 1. The summed E-state index contributed by atoms with van der Waals surface area (Å²) in [7, 11) is 0. The average Bonchev–Trinajstić information content (AvgIpc) is 3.07. The predicted octanol–water partition coefficient (Wildman–Crippen LogP) is 3.58. The summed E-state index contributed by atoms with van der Waals surface area (Å²) in [6, 6.07) is 13.4. The van der Waals surface area contributed by atoms with Gasteiger partial charge < -0.3 is 14.7 Å². The van der Waals surface area contributed by atoms with Crippen molar-refractivity contribution in [2.75, 3.05) is 13.2 Å². The molecule has 2 aromatic carbocycles. The highest BCUT2D eigenvalue weighted by atomic mass is 35.5. The lowest BCUT2D eigenvalue weighted by atomic mass is 9.95. The summed E-state index contributed by atoms with van der Waals surface area (Å²) in [6.07, 6.45) is 2.44. The zero-order valence-corrected chi connectivity index (χ0v) is 16.6. The summed E-state index contributed by atoms with van der Waals surface area (Å²) in [5, 5.41) is 12.2. The van der Waals surface area contributed by atoms with Crippen molar-refractivity contribution < 1.29 is 14.6 Å². The number of ether oxygens (including phenoxy) is 1. The Kier molecular flexibility index (Phi) is 4.74. The van der Waals surface area contributed by atoms with E-state index >= 15 is 0 Å². The summed E-state index contributed by atoms with van der Waals surface area (Å²) in [6.45, 7) is 1.35. The largest absolute Gasteiger partial charge is 0.391 e. The average molecular weight is 409 g/mol. The van der Waals surface area contributed by atoms with Gasteiger partial charge in [-0.2, -0.15) is 0 Å². The second-order valence-corrected chi connectivity index (χ2v) is 8.13. The van der Waals surface area contributed by atoms with Crippen LogP contribution in [0.3, 0.4) is 0 Å². The fourth-order valence-electron chi connectivity index (χ4n) is 4.36. The zero-order chi connectivity index (χ0) is 20.0. The van der Waals surface area contributed by atoms with E-state index in [0.717, 1.165) is 27.6 Å². The molecule has 29 heavy (non-hydrogen) atoms. The van der Waals surface area contributed by atoms with Gasteiger partial charge in [0.1, 0.15) is 0 Å². The second kappa shape index (κ2) is 7.41. The third kappa shape index (κ3) is 3.29. The molecule has 5 nitrogen and oxygen atoms in total. The fourth-order valence-corrected chi connectivity index (χ4v) is 4.49. The van der Waals surface area contributed by atoms with Gasteiger partial charge in [-0.3, -0.25) is 9.78 Å². The van der Waals surface area contributed by atoms with Gasteiger partial charge in [0.15, 0.2) is 0 Å². The number of amides is 1. The maximum Gasteiger partial charge on any atom is 0.255 e. The molecule has 1 saturated heterocycles. The molecule has 2 unspecified atom stereocenters. The van der Waals surface area contributed by atoms with Crippen LogP contribution in [0.1, 0.15) is 33.5 Å². The highest BCUT2D eigenvalue weighted by molar-refractivity contribution is 6.30. The van der Waals surface area contributed by atoms with E-state index in [2.05, 4.69) is 11.1 Å². The molecule has 0 bridgehead atoms. The number of nitrogens with zero attached hydrogens (tertiary/aromatic N) is 2. The van der Waals surface area contributed by atoms with Gasteiger partial charge in [-0.15, -0.1) is 0 Å². The number of rotatable bonds is 3. The first-order valence-electron chi connectivity index (χ1n) is 9.82. The first-order valence-corrected chi connectivity index (χ1v) is 10.2. The molecule has 6 heteroatoms. The molecule has 1 amide bonds. The minimum Gasteiger partial charge on any atom is -0.391 e. The Morgan fingerprint density at radius 3 is 2.86 bits per heavy atom. The van der Waals surface area contributed by atoms with Gasteiger partial charge in [0.2, 0.25) is 0 Å². The van der Waals surface area contributed by atoms with Gasteiger partial charge >= 0.3 is 0 Å². The maximum absolute atomic E-state index is 13.2. The third-order valence-electron chi connectivity index (χ3n) is 5.90. The first kappa shape index (κ1) is 18.6. The van der Waals surface area contributed by atoms with Gasteiger partial charge in [0.05, 0.1) is 24.3 Å². The van der Waals surface area contributed by atoms with E-state index in [1.165, 1.54) is 0 Å². The van der Waals surface area contributed by atoms with Crippen molar-refractivity contribution in [3.05, 3.63) is 75.9 Å². The lowest BCUT2D eigenvalue weighted by molar-refractivity contribution is -0.0528. The van der Waals surface area contributed by atoms with Gasteiger partial charge in [-0.1, -0.05) is 29.8 Å². The van der Waals surface area contributed by atoms with Gasteiger partial charge in [-0.05, 0) is 48.2 Å². The SMILES string of the molecule is O=C1c2cc(Cc3ccc(Cl)cc3)c3cccnc3c2CN1C1COCCC1O. The number of hydrogen-bond acceptors (Lipinski definition) is 4. The predicted molar refractivity (Wildman–Crippen MR) is 111 cm³/mol. The molecule has 1 N–H and O–H groups in total. The molecule has 148 valence electrons. The van der Waals surface area contributed by atoms with Gasteiger partial charge in [0.25, 0.3) is 5.91 Å². The maximum atomic E-state index is 13.2. The van der Waals surface area contributed by atoms with Crippen LogP contribution in [0.2, 0.25) is 5.02 Å². The minimum atomic E-state index is -0.560. The third-order valence-corrected chi connectivity index (χ3v) is 6.15. The number of halogens is 1. The smallest absolute Gasteiger partial charge is 0.255 e. The lowest BCUT2D eigenvalue weighted by Gasteiger charge is -2.34. The molecule has 2 aliphatic heterocycles. The second-order valence-electron chi connectivity index (χ2n) is 7.70. The van der Waals surface area contributed by atoms with Crippen molar-refractivity contribution in [2.24, 2.45) is 0 Å². The van der Waals surface area contributed by atoms with E-state index in [0.29, 0.717) is 43.2 Å². The van der Waals surface area contributed by atoms with Crippen molar-refractivity contribution in [3.63, 3.8) is 0 Å². The number of hydrogen-bond donors (Lipinski definition) is 1. The molecule has 0 saturated carbocycles. The van der Waals surface area contributed by atoms with Crippen molar-refractivity contribution in [3.8, 4) is 0 Å². The zero-order valence-electron chi connectivity index (χ0n) is 15.8. The van der Waals surface area contributed by atoms with Crippen LogP contribution in [0.25, 0.3) is 10.9 Å².